The lowest BCUT2D eigenvalue weighted by molar-refractivity contribution is -0.138. The maximum atomic E-state index is 12.2. The Kier molecular flexibility index (Phi) is 2.58. The van der Waals surface area contributed by atoms with Gasteiger partial charge in [-0.2, -0.15) is 0 Å². The zero-order chi connectivity index (χ0) is 13.6. The lowest BCUT2D eigenvalue weighted by Gasteiger charge is -2.24. The smallest absolute Gasteiger partial charge is 0.305 e. The molecule has 0 spiro atoms. The molecule has 1 atom stereocenters. The Bertz CT molecular complexity index is 545. The molecule has 1 unspecified atom stereocenters. The number of carboxylic acid groups (broad SMARTS) is 1. The highest BCUT2D eigenvalue weighted by molar-refractivity contribution is 6.21. The van der Waals surface area contributed by atoms with Gasteiger partial charge in [-0.3, -0.25) is 24.3 Å². The zero-order valence-corrected chi connectivity index (χ0v) is 10.1. The molecule has 1 aliphatic carbocycles. The molecule has 6 nitrogen and oxygen atoms in total. The van der Waals surface area contributed by atoms with Gasteiger partial charge in [0, 0.05) is 12.4 Å². The molecular formula is C13H12N2O4. The molecule has 6 heteroatoms. The number of hydrogen-bond acceptors (Lipinski definition) is 4. The number of hydrogen-bond donors (Lipinski definition) is 1. The van der Waals surface area contributed by atoms with Gasteiger partial charge in [-0.15, -0.1) is 0 Å². The van der Waals surface area contributed by atoms with E-state index >= 15 is 0 Å². The molecule has 98 valence electrons. The SMILES string of the molecule is O=C(O)CC(C1CC1)N1C(=O)c2ccncc2C1=O. The zero-order valence-electron chi connectivity index (χ0n) is 10.1. The Hall–Kier alpha value is -2.24. The van der Waals surface area contributed by atoms with Gasteiger partial charge in [0.15, 0.2) is 0 Å². The Balaban J connectivity index is 1.95. The van der Waals surface area contributed by atoms with Crippen LogP contribution in [0.4, 0.5) is 0 Å². The third-order valence-corrected chi connectivity index (χ3v) is 3.60. The van der Waals surface area contributed by atoms with Crippen molar-refractivity contribution >= 4 is 17.8 Å². The van der Waals surface area contributed by atoms with E-state index in [4.69, 9.17) is 5.11 Å². The summed E-state index contributed by atoms with van der Waals surface area (Å²) >= 11 is 0. The predicted molar refractivity (Wildman–Crippen MR) is 63.5 cm³/mol. The van der Waals surface area contributed by atoms with E-state index in [1.165, 1.54) is 18.5 Å². The van der Waals surface area contributed by atoms with Crippen LogP contribution < -0.4 is 0 Å². The Morgan fingerprint density at radius 2 is 2.05 bits per heavy atom. The van der Waals surface area contributed by atoms with Gasteiger partial charge in [0.1, 0.15) is 0 Å². The molecule has 0 radical (unpaired) electrons. The quantitative estimate of drug-likeness (QED) is 0.814. The van der Waals surface area contributed by atoms with Crippen molar-refractivity contribution < 1.29 is 19.5 Å². The van der Waals surface area contributed by atoms with Crippen LogP contribution in [0.15, 0.2) is 18.5 Å². The van der Waals surface area contributed by atoms with E-state index in [2.05, 4.69) is 4.98 Å². The fourth-order valence-electron chi connectivity index (χ4n) is 2.53. The number of pyridine rings is 1. The fourth-order valence-corrected chi connectivity index (χ4v) is 2.53. The van der Waals surface area contributed by atoms with Gasteiger partial charge < -0.3 is 5.11 Å². The summed E-state index contributed by atoms with van der Waals surface area (Å²) in [4.78, 5) is 40.4. The normalized spacial score (nSPS) is 19.5. The van der Waals surface area contributed by atoms with E-state index in [9.17, 15) is 14.4 Å². The second-order valence-corrected chi connectivity index (χ2v) is 4.90. The number of carbonyl (C=O) groups is 3. The highest BCUT2D eigenvalue weighted by Gasteiger charge is 2.46. The summed E-state index contributed by atoms with van der Waals surface area (Å²) in [6.07, 6.45) is 4.36. The second-order valence-electron chi connectivity index (χ2n) is 4.90. The van der Waals surface area contributed by atoms with Gasteiger partial charge in [-0.05, 0) is 24.8 Å². The summed E-state index contributed by atoms with van der Waals surface area (Å²) in [5, 5.41) is 8.95. The van der Waals surface area contributed by atoms with Crippen molar-refractivity contribution in [3.8, 4) is 0 Å². The first-order valence-electron chi connectivity index (χ1n) is 6.13. The summed E-state index contributed by atoms with van der Waals surface area (Å²) in [6.45, 7) is 0. The van der Waals surface area contributed by atoms with E-state index in [0.29, 0.717) is 5.56 Å². The maximum absolute atomic E-state index is 12.2. The lowest BCUT2D eigenvalue weighted by atomic mass is 10.1. The third-order valence-electron chi connectivity index (χ3n) is 3.60. The monoisotopic (exact) mass is 260 g/mol. The minimum absolute atomic E-state index is 0.117. The molecule has 3 rings (SSSR count). The van der Waals surface area contributed by atoms with Gasteiger partial charge >= 0.3 is 5.97 Å². The van der Waals surface area contributed by atoms with Crippen LogP contribution in [0.2, 0.25) is 0 Å². The van der Waals surface area contributed by atoms with Crippen LogP contribution in [-0.2, 0) is 4.79 Å². The van der Waals surface area contributed by atoms with Gasteiger partial charge in [-0.1, -0.05) is 0 Å². The molecule has 0 aromatic carbocycles. The van der Waals surface area contributed by atoms with Crippen molar-refractivity contribution in [1.82, 2.24) is 9.88 Å². The molecule has 2 aliphatic rings. The Labute approximate surface area is 109 Å². The van der Waals surface area contributed by atoms with Gasteiger partial charge in [0.05, 0.1) is 23.6 Å². The van der Waals surface area contributed by atoms with Crippen molar-refractivity contribution in [3.63, 3.8) is 0 Å². The van der Waals surface area contributed by atoms with E-state index in [0.717, 1.165) is 17.7 Å². The highest BCUT2D eigenvalue weighted by atomic mass is 16.4. The van der Waals surface area contributed by atoms with Crippen LogP contribution in [-0.4, -0.2) is 38.8 Å². The number of carboxylic acids is 1. The summed E-state index contributed by atoms with van der Waals surface area (Å²) in [7, 11) is 0. The number of fused-ring (bicyclic) bond motifs is 1. The van der Waals surface area contributed by atoms with Crippen molar-refractivity contribution in [2.24, 2.45) is 5.92 Å². The molecule has 19 heavy (non-hydrogen) atoms. The largest absolute Gasteiger partial charge is 0.481 e. The molecule has 2 heterocycles. The third kappa shape index (κ3) is 1.89. The number of aromatic nitrogens is 1. The molecule has 1 fully saturated rings. The molecular weight excluding hydrogens is 248 g/mol. The minimum Gasteiger partial charge on any atom is -0.481 e. The summed E-state index contributed by atoms with van der Waals surface area (Å²) in [5.41, 5.74) is 0.583. The topological polar surface area (TPSA) is 87.6 Å². The summed E-state index contributed by atoms with van der Waals surface area (Å²) < 4.78 is 0. The van der Waals surface area contributed by atoms with Crippen LogP contribution >= 0.6 is 0 Å². The van der Waals surface area contributed by atoms with Gasteiger partial charge in [0.2, 0.25) is 0 Å². The van der Waals surface area contributed by atoms with Crippen LogP contribution in [0, 0.1) is 5.92 Å². The standard InChI is InChI=1S/C13H12N2O4/c16-11(17)5-10(7-1-2-7)15-12(18)8-3-4-14-6-9(8)13(15)19/h3-4,6-7,10H,1-2,5H2,(H,16,17). The van der Waals surface area contributed by atoms with Gasteiger partial charge in [-0.25, -0.2) is 0 Å². The van der Waals surface area contributed by atoms with Crippen LogP contribution in [0.1, 0.15) is 40.0 Å². The van der Waals surface area contributed by atoms with Crippen LogP contribution in [0.3, 0.4) is 0 Å². The number of aliphatic carboxylic acids is 1. The highest BCUT2D eigenvalue weighted by Crippen LogP contribution is 2.39. The molecule has 2 amide bonds. The molecule has 1 N–H and O–H groups in total. The van der Waals surface area contributed by atoms with Crippen LogP contribution in [0.5, 0.6) is 0 Å². The molecule has 0 bridgehead atoms. The molecule has 1 aliphatic heterocycles. The average Bonchev–Trinajstić information content (AvgIpc) is 3.18. The molecule has 1 aromatic rings. The second kappa shape index (κ2) is 4.15. The van der Waals surface area contributed by atoms with Crippen molar-refractivity contribution in [3.05, 3.63) is 29.6 Å². The Morgan fingerprint density at radius 1 is 1.37 bits per heavy atom. The number of rotatable bonds is 4. The molecule has 1 saturated carbocycles. The van der Waals surface area contributed by atoms with E-state index in [1.54, 1.807) is 0 Å². The van der Waals surface area contributed by atoms with Crippen LogP contribution in [0.25, 0.3) is 0 Å². The first-order valence-corrected chi connectivity index (χ1v) is 6.13. The first-order chi connectivity index (χ1) is 9.09. The predicted octanol–water partition coefficient (Wildman–Crippen LogP) is 0.931. The lowest BCUT2D eigenvalue weighted by Crippen LogP contribution is -2.42. The molecule has 1 aromatic heterocycles. The number of amides is 2. The maximum Gasteiger partial charge on any atom is 0.305 e. The van der Waals surface area contributed by atoms with Crippen molar-refractivity contribution in [1.29, 1.82) is 0 Å². The van der Waals surface area contributed by atoms with E-state index < -0.39 is 23.8 Å². The Morgan fingerprint density at radius 3 is 2.63 bits per heavy atom. The first kappa shape index (κ1) is 11.8. The van der Waals surface area contributed by atoms with Gasteiger partial charge in [0.25, 0.3) is 11.8 Å². The number of imide groups is 1. The van der Waals surface area contributed by atoms with Crippen molar-refractivity contribution in [2.45, 2.75) is 25.3 Å². The van der Waals surface area contributed by atoms with E-state index in [-0.39, 0.29) is 17.9 Å². The fraction of sp³-hybridized carbons (Fsp3) is 0.385. The molecule has 0 saturated heterocycles. The van der Waals surface area contributed by atoms with Crippen molar-refractivity contribution in [2.75, 3.05) is 0 Å². The van der Waals surface area contributed by atoms with E-state index in [1.807, 2.05) is 0 Å². The number of carbonyl (C=O) groups excluding carboxylic acids is 2. The summed E-state index contributed by atoms with van der Waals surface area (Å²) in [5.74, 6) is -1.70. The summed E-state index contributed by atoms with van der Waals surface area (Å²) in [6, 6.07) is 0.963. The number of nitrogens with zero attached hydrogens (tertiary/aromatic N) is 2. The average molecular weight is 260 g/mol. The minimum atomic E-state index is -0.994.